The summed E-state index contributed by atoms with van der Waals surface area (Å²) in [6.45, 7) is 6.22. The molecule has 2 aromatic rings. The molecule has 0 spiro atoms. The van der Waals surface area contributed by atoms with Crippen molar-refractivity contribution in [2.45, 2.75) is 25.8 Å². The lowest BCUT2D eigenvalue weighted by Gasteiger charge is -2.38. The maximum atomic E-state index is 11.9. The van der Waals surface area contributed by atoms with Crippen LogP contribution in [-0.2, 0) is 4.79 Å². The quantitative estimate of drug-likeness (QED) is 0.875. The monoisotopic (exact) mass is 362 g/mol. The Hall–Kier alpha value is -2.59. The molecule has 140 valence electrons. The third kappa shape index (κ3) is 3.50. The second kappa shape index (κ2) is 7.57. The van der Waals surface area contributed by atoms with Crippen molar-refractivity contribution in [3.05, 3.63) is 77.0 Å². The minimum atomic E-state index is -0.864. The van der Waals surface area contributed by atoms with Crippen molar-refractivity contribution in [2.24, 2.45) is 0 Å². The average molecular weight is 362 g/mol. The molecule has 1 unspecified atom stereocenters. The Bertz CT molecular complexity index is 868. The molecule has 0 radical (unpaired) electrons. The molecular formula is C23H26N2O2. The molecule has 2 aromatic carbocycles. The molecule has 4 heteroatoms. The molecule has 1 saturated heterocycles. The summed E-state index contributed by atoms with van der Waals surface area (Å²) < 4.78 is 0. The minimum absolute atomic E-state index is 0.0492. The Morgan fingerprint density at radius 3 is 2.37 bits per heavy atom. The third-order valence-corrected chi connectivity index (χ3v) is 5.76. The van der Waals surface area contributed by atoms with Crippen molar-refractivity contribution in [2.75, 3.05) is 26.2 Å². The van der Waals surface area contributed by atoms with Crippen molar-refractivity contribution in [3.8, 4) is 0 Å². The highest BCUT2D eigenvalue weighted by molar-refractivity contribution is 6.16. The fourth-order valence-electron chi connectivity index (χ4n) is 4.34. The largest absolute Gasteiger partial charge is 0.478 e. The zero-order valence-electron chi connectivity index (χ0n) is 15.8. The minimum Gasteiger partial charge on any atom is -0.478 e. The second-order valence-electron chi connectivity index (χ2n) is 7.48. The predicted octanol–water partition coefficient (Wildman–Crippen LogP) is 3.92. The SMILES string of the molecule is Cc1ccccc1C1c2ccccc2C(C(=O)O)=CN1CCN1CCCC1. The Morgan fingerprint density at radius 1 is 1.00 bits per heavy atom. The van der Waals surface area contributed by atoms with Gasteiger partial charge in [0.25, 0.3) is 0 Å². The number of benzene rings is 2. The summed E-state index contributed by atoms with van der Waals surface area (Å²) in [7, 11) is 0. The summed E-state index contributed by atoms with van der Waals surface area (Å²) in [6, 6.07) is 16.4. The summed E-state index contributed by atoms with van der Waals surface area (Å²) >= 11 is 0. The summed E-state index contributed by atoms with van der Waals surface area (Å²) in [6.07, 6.45) is 4.39. The first-order valence-corrected chi connectivity index (χ1v) is 9.73. The van der Waals surface area contributed by atoms with Gasteiger partial charge in [0.05, 0.1) is 11.6 Å². The number of aryl methyl sites for hydroxylation is 1. The first-order valence-electron chi connectivity index (χ1n) is 9.73. The van der Waals surface area contributed by atoms with Gasteiger partial charge in [-0.3, -0.25) is 0 Å². The smallest absolute Gasteiger partial charge is 0.337 e. The van der Waals surface area contributed by atoms with Crippen molar-refractivity contribution >= 4 is 11.5 Å². The molecule has 2 aliphatic rings. The number of fused-ring (bicyclic) bond motifs is 1. The highest BCUT2D eigenvalue weighted by atomic mass is 16.4. The van der Waals surface area contributed by atoms with E-state index in [1.54, 1.807) is 0 Å². The number of hydrogen-bond donors (Lipinski definition) is 1. The van der Waals surface area contributed by atoms with Crippen LogP contribution in [0.5, 0.6) is 0 Å². The molecule has 0 aromatic heterocycles. The number of aliphatic carboxylic acids is 1. The van der Waals surface area contributed by atoms with Crippen LogP contribution in [0.15, 0.2) is 54.7 Å². The van der Waals surface area contributed by atoms with Crippen LogP contribution >= 0.6 is 0 Å². The van der Waals surface area contributed by atoms with Crippen LogP contribution in [0.2, 0.25) is 0 Å². The van der Waals surface area contributed by atoms with Crippen molar-refractivity contribution in [1.82, 2.24) is 9.80 Å². The van der Waals surface area contributed by atoms with E-state index in [4.69, 9.17) is 0 Å². The average Bonchev–Trinajstić information content (AvgIpc) is 3.19. The fourth-order valence-corrected chi connectivity index (χ4v) is 4.34. The molecule has 4 nitrogen and oxygen atoms in total. The van der Waals surface area contributed by atoms with Gasteiger partial charge in [0.1, 0.15) is 0 Å². The summed E-state index contributed by atoms with van der Waals surface area (Å²) in [5.74, 6) is -0.864. The maximum absolute atomic E-state index is 11.9. The van der Waals surface area contributed by atoms with Gasteiger partial charge in [-0.05, 0) is 55.1 Å². The topological polar surface area (TPSA) is 43.8 Å². The van der Waals surface area contributed by atoms with E-state index in [2.05, 4.69) is 47.1 Å². The zero-order chi connectivity index (χ0) is 18.8. The lowest BCUT2D eigenvalue weighted by Crippen LogP contribution is -2.36. The summed E-state index contributed by atoms with van der Waals surface area (Å²) in [5, 5.41) is 9.79. The molecule has 27 heavy (non-hydrogen) atoms. The number of rotatable bonds is 5. The van der Waals surface area contributed by atoms with E-state index in [9.17, 15) is 9.90 Å². The van der Waals surface area contributed by atoms with E-state index in [0.29, 0.717) is 5.57 Å². The zero-order valence-corrected chi connectivity index (χ0v) is 15.8. The third-order valence-electron chi connectivity index (χ3n) is 5.76. The molecule has 0 aliphatic carbocycles. The maximum Gasteiger partial charge on any atom is 0.337 e. The lowest BCUT2D eigenvalue weighted by molar-refractivity contribution is -0.130. The summed E-state index contributed by atoms with van der Waals surface area (Å²) in [4.78, 5) is 16.6. The van der Waals surface area contributed by atoms with Crippen LogP contribution < -0.4 is 0 Å². The van der Waals surface area contributed by atoms with Gasteiger partial charge in [-0.1, -0.05) is 48.5 Å². The first-order chi connectivity index (χ1) is 13.1. The fraction of sp³-hybridized carbons (Fsp3) is 0.348. The Labute approximate surface area is 160 Å². The molecule has 0 saturated carbocycles. The lowest BCUT2D eigenvalue weighted by atomic mass is 9.85. The van der Waals surface area contributed by atoms with E-state index in [-0.39, 0.29) is 6.04 Å². The van der Waals surface area contributed by atoms with Crippen LogP contribution in [-0.4, -0.2) is 47.1 Å². The molecule has 1 atom stereocenters. The highest BCUT2D eigenvalue weighted by Gasteiger charge is 2.31. The number of nitrogens with zero attached hydrogens (tertiary/aromatic N) is 2. The van der Waals surface area contributed by atoms with Gasteiger partial charge in [0.15, 0.2) is 0 Å². The summed E-state index contributed by atoms with van der Waals surface area (Å²) in [5.41, 5.74) is 4.77. The van der Waals surface area contributed by atoms with Crippen LogP contribution in [0.4, 0.5) is 0 Å². The Morgan fingerprint density at radius 2 is 1.67 bits per heavy atom. The first kappa shape index (κ1) is 17.8. The van der Waals surface area contributed by atoms with E-state index < -0.39 is 5.97 Å². The molecule has 1 N–H and O–H groups in total. The van der Waals surface area contributed by atoms with Gasteiger partial charge < -0.3 is 14.9 Å². The second-order valence-corrected chi connectivity index (χ2v) is 7.48. The Balaban J connectivity index is 1.76. The predicted molar refractivity (Wildman–Crippen MR) is 107 cm³/mol. The van der Waals surface area contributed by atoms with Crippen LogP contribution in [0.3, 0.4) is 0 Å². The number of carbonyl (C=O) groups is 1. The molecule has 0 amide bonds. The van der Waals surface area contributed by atoms with Crippen molar-refractivity contribution in [3.63, 3.8) is 0 Å². The van der Waals surface area contributed by atoms with Crippen LogP contribution in [0.1, 0.15) is 41.1 Å². The van der Waals surface area contributed by atoms with Crippen molar-refractivity contribution in [1.29, 1.82) is 0 Å². The molecule has 0 bridgehead atoms. The number of carboxylic acids is 1. The van der Waals surface area contributed by atoms with Gasteiger partial charge in [0.2, 0.25) is 0 Å². The van der Waals surface area contributed by atoms with Gasteiger partial charge >= 0.3 is 5.97 Å². The molecule has 2 heterocycles. The van der Waals surface area contributed by atoms with Gasteiger partial charge in [-0.25, -0.2) is 4.79 Å². The molecule has 1 fully saturated rings. The van der Waals surface area contributed by atoms with Crippen LogP contribution in [0.25, 0.3) is 5.57 Å². The van der Waals surface area contributed by atoms with Crippen molar-refractivity contribution < 1.29 is 9.90 Å². The number of carboxylic acid groups (broad SMARTS) is 1. The normalized spacial score (nSPS) is 19.7. The molecular weight excluding hydrogens is 336 g/mol. The van der Waals surface area contributed by atoms with Gasteiger partial charge in [-0.15, -0.1) is 0 Å². The van der Waals surface area contributed by atoms with Gasteiger partial charge in [0, 0.05) is 19.3 Å². The number of hydrogen-bond acceptors (Lipinski definition) is 3. The molecule has 4 rings (SSSR count). The van der Waals surface area contributed by atoms with E-state index in [1.165, 1.54) is 24.0 Å². The van der Waals surface area contributed by atoms with Gasteiger partial charge in [-0.2, -0.15) is 0 Å². The van der Waals surface area contributed by atoms with Crippen LogP contribution in [0, 0.1) is 6.92 Å². The standard InChI is InChI=1S/C23H26N2O2/c1-17-8-2-3-9-18(17)22-20-11-5-4-10-19(20)21(23(26)27)16-25(22)15-14-24-12-6-7-13-24/h2-5,8-11,16,22H,6-7,12-15H2,1H3,(H,26,27). The Kier molecular flexibility index (Phi) is 4.99. The number of likely N-dealkylation sites (tertiary alicyclic amines) is 1. The van der Waals surface area contributed by atoms with E-state index >= 15 is 0 Å². The highest BCUT2D eigenvalue weighted by Crippen LogP contribution is 2.39. The van der Waals surface area contributed by atoms with E-state index in [0.717, 1.165) is 37.3 Å². The molecule has 2 aliphatic heterocycles. The van der Waals surface area contributed by atoms with E-state index in [1.807, 2.05) is 24.4 Å².